The highest BCUT2D eigenvalue weighted by Gasteiger charge is 2.48. The Hall–Kier alpha value is -7.24. The molecule has 716 valence electrons. The lowest BCUT2D eigenvalue weighted by Gasteiger charge is -2.42. The zero-order chi connectivity index (χ0) is 91.2. The number of rotatable bonds is 71. The molecule has 0 aromatic heterocycles. The molecule has 0 radical (unpaired) electrons. The Morgan fingerprint density at radius 3 is 0.984 bits per heavy atom. The molecule has 3 fully saturated rings. The first-order chi connectivity index (χ1) is 59.6. The van der Waals surface area contributed by atoms with E-state index in [1.54, 1.807) is 7.11 Å². The molecule has 0 bridgehead atoms. The summed E-state index contributed by atoms with van der Waals surface area (Å²) in [5, 5.41) is 122. The smallest absolute Gasteiger partial charge is 0.246 e. The van der Waals surface area contributed by atoms with Crippen LogP contribution in [0.5, 0.6) is 0 Å². The minimum absolute atomic E-state index is 0.00941. The molecule has 6 unspecified atom stereocenters. The fraction of sp³-hybridized carbons (Fsp3) is 0.846. The van der Waals surface area contributed by atoms with Crippen molar-refractivity contribution in [3.05, 3.63) is 0 Å². The molecular weight excluding hydrogens is 1650 g/mol. The maximum absolute atomic E-state index is 14.0. The summed E-state index contributed by atoms with van der Waals surface area (Å²) in [6.45, 7) is 3.33. The van der Waals surface area contributed by atoms with Crippen molar-refractivity contribution in [1.29, 1.82) is 0 Å². The van der Waals surface area contributed by atoms with Crippen LogP contribution in [0.2, 0.25) is 0 Å². The van der Waals surface area contributed by atoms with Crippen LogP contribution in [0, 0.1) is 0 Å². The lowest BCUT2D eigenvalue weighted by atomic mass is 9.97. The van der Waals surface area contributed by atoms with Crippen LogP contribution >= 0.6 is 0 Å². The van der Waals surface area contributed by atoms with E-state index in [2.05, 4.69) is 63.8 Å². The van der Waals surface area contributed by atoms with E-state index in [4.69, 9.17) is 61.6 Å². The predicted molar refractivity (Wildman–Crippen MR) is 433 cm³/mol. The van der Waals surface area contributed by atoms with Crippen LogP contribution in [-0.2, 0) is 119 Å². The summed E-state index contributed by atoms with van der Waals surface area (Å²) in [5.41, 5.74) is 0. The highest BCUT2D eigenvalue weighted by Crippen LogP contribution is 2.26. The van der Waals surface area contributed by atoms with Gasteiger partial charge in [-0.25, -0.2) is 0 Å². The van der Waals surface area contributed by atoms with E-state index >= 15 is 0 Å². The van der Waals surface area contributed by atoms with E-state index in [1.807, 2.05) is 0 Å². The Morgan fingerprint density at radius 2 is 0.613 bits per heavy atom. The monoisotopic (exact) mass is 1790 g/mol. The number of hydrogen-bond acceptors (Lipinski definition) is 34. The summed E-state index contributed by atoms with van der Waals surface area (Å²) in [6.07, 6.45) is -8.71. The zero-order valence-corrected chi connectivity index (χ0v) is 71.9. The lowest BCUT2D eigenvalue weighted by molar-refractivity contribution is -0.270. The fourth-order valence-corrected chi connectivity index (χ4v) is 12.7. The van der Waals surface area contributed by atoms with E-state index in [0.717, 1.165) is 19.3 Å². The molecule has 12 amide bonds. The molecule has 17 atom stereocenters. The zero-order valence-electron chi connectivity index (χ0n) is 71.9. The van der Waals surface area contributed by atoms with Crippen molar-refractivity contribution in [2.45, 2.75) is 247 Å². The van der Waals surface area contributed by atoms with Gasteiger partial charge < -0.3 is 171 Å². The molecule has 46 nitrogen and oxygen atoms in total. The van der Waals surface area contributed by atoms with E-state index in [0.29, 0.717) is 84.0 Å². The third kappa shape index (κ3) is 50.3. The van der Waals surface area contributed by atoms with Crippen LogP contribution in [0.15, 0.2) is 0 Å². The average Bonchev–Trinajstić information content (AvgIpc) is 0.818. The highest BCUT2D eigenvalue weighted by atomic mass is 16.7. The number of aliphatic hydroxyl groups is 9. The third-order valence-corrected chi connectivity index (χ3v) is 19.3. The van der Waals surface area contributed by atoms with Gasteiger partial charge in [-0.15, -0.1) is 0 Å². The summed E-state index contributed by atoms with van der Waals surface area (Å²) >= 11 is 0. The Bertz CT molecular complexity index is 3040. The molecule has 0 aliphatic carbocycles. The second kappa shape index (κ2) is 68.0. The average molecular weight is 1790 g/mol. The molecule has 0 spiro atoms. The third-order valence-electron chi connectivity index (χ3n) is 19.3. The first kappa shape index (κ1) is 111. The topological polar surface area (TPSA) is 651 Å². The number of carbonyl (C=O) groups is 12. The largest absolute Gasteiger partial charge is 0.394 e. The molecule has 3 rings (SSSR count). The van der Waals surface area contributed by atoms with E-state index in [1.165, 1.54) is 20.8 Å². The van der Waals surface area contributed by atoms with Gasteiger partial charge in [0.25, 0.3) is 0 Å². The van der Waals surface area contributed by atoms with Gasteiger partial charge >= 0.3 is 0 Å². The van der Waals surface area contributed by atoms with Crippen molar-refractivity contribution in [1.82, 2.24) is 63.8 Å². The van der Waals surface area contributed by atoms with Gasteiger partial charge in [-0.1, -0.05) is 12.8 Å². The second-order valence-corrected chi connectivity index (χ2v) is 29.8. The van der Waals surface area contributed by atoms with Gasteiger partial charge in [0.2, 0.25) is 70.9 Å². The molecule has 124 heavy (non-hydrogen) atoms. The molecule has 21 N–H and O–H groups in total. The summed E-state index contributed by atoms with van der Waals surface area (Å²) in [5.74, 6) is -5.77. The Morgan fingerprint density at radius 1 is 0.306 bits per heavy atom. The molecular formula is C78H140N12O34. The van der Waals surface area contributed by atoms with Crippen molar-refractivity contribution >= 4 is 70.9 Å². The first-order valence-corrected chi connectivity index (χ1v) is 42.6. The number of aliphatic hydroxyl groups excluding tert-OH is 9. The molecule has 0 aromatic rings. The number of amides is 12. The minimum atomic E-state index is -1.46. The summed E-state index contributed by atoms with van der Waals surface area (Å²) in [7, 11) is 1.61. The van der Waals surface area contributed by atoms with Gasteiger partial charge in [-0.2, -0.15) is 0 Å². The fourth-order valence-electron chi connectivity index (χ4n) is 12.7. The highest BCUT2D eigenvalue weighted by molar-refractivity contribution is 5.86. The van der Waals surface area contributed by atoms with Gasteiger partial charge in [-0.3, -0.25) is 57.5 Å². The van der Waals surface area contributed by atoms with Gasteiger partial charge in [-0.05, 0) is 77.0 Å². The van der Waals surface area contributed by atoms with Crippen LogP contribution < -0.4 is 63.8 Å². The minimum Gasteiger partial charge on any atom is -0.394 e. The van der Waals surface area contributed by atoms with Crippen LogP contribution in [-0.4, -0.2) is 399 Å². The first-order valence-electron chi connectivity index (χ1n) is 42.6. The van der Waals surface area contributed by atoms with Gasteiger partial charge in [0, 0.05) is 138 Å². The van der Waals surface area contributed by atoms with Crippen LogP contribution in [0.1, 0.15) is 143 Å². The van der Waals surface area contributed by atoms with Gasteiger partial charge in [0.05, 0.1) is 85.8 Å². The van der Waals surface area contributed by atoms with Crippen LogP contribution in [0.25, 0.3) is 0 Å². The number of unbranched alkanes of at least 4 members (excludes halogenated alkanes) is 8. The van der Waals surface area contributed by atoms with E-state index < -0.39 is 197 Å². The van der Waals surface area contributed by atoms with E-state index in [-0.39, 0.29) is 168 Å². The summed E-state index contributed by atoms with van der Waals surface area (Å²) in [6, 6.07) is -5.09. The molecule has 0 saturated carbocycles. The predicted octanol–water partition coefficient (Wildman–Crippen LogP) is -8.19. The van der Waals surface area contributed by atoms with E-state index in [9.17, 15) is 103 Å². The number of nitrogens with one attached hydrogen (secondary N) is 12. The quantitative estimate of drug-likeness (QED) is 0.0252. The molecule has 46 heteroatoms. The maximum atomic E-state index is 14.0. The molecule has 3 saturated heterocycles. The number of carbonyl (C=O) groups excluding carboxylic acids is 12. The number of ether oxygens (including phenoxy) is 13. The molecule has 3 aliphatic rings. The standard InChI is InChI=1S/C78H140N12O34/c1-50(94)86-67-73(109)70(106)55(44-91)122-76(67)119-29-14-7-11-23-80-64(103)47-116-38-35-114-33-26-83-59(98)20-18-53(41-61(100)79-22-10-5-6-13-28-112-4)89-62(101)42-54(19-21-60(99)84-27-34-115-36-39-117-48-65(104)81-24-12-8-15-30-120-77-68(87-51(2)95)74(110)71(107)56(45-92)123-77)90-63(102)43-85-66(105)49-118-40-37-113-32-25-82-58(97)17-9-16-31-121-78-69(88-52(3)96)75(111)72(108)57(46-93)124-78/h53-57,67-78,91-93,106-111H,5-49H2,1-4H3,(H,79,100)(H,80,103)(H,81,104)(H,82,97)(H,83,98)(H,84,99)(H,85,105)(H,86,94)(H,87,95)(H,88,96)(H,89,101)(H,90,102)/t53-,54-,55?,56?,57?,67?,68?,69?,70+,71+,72+,73+,74+,75+,76+,77+,78+/m0/s1. The number of hydrogen-bond donors (Lipinski definition) is 21. The molecule has 0 aromatic carbocycles. The van der Waals surface area contributed by atoms with Crippen molar-refractivity contribution in [3.63, 3.8) is 0 Å². The van der Waals surface area contributed by atoms with Crippen LogP contribution in [0.3, 0.4) is 0 Å². The Balaban J connectivity index is 1.46. The second-order valence-electron chi connectivity index (χ2n) is 29.8. The summed E-state index contributed by atoms with van der Waals surface area (Å²) < 4.78 is 71.7. The van der Waals surface area contributed by atoms with Crippen LogP contribution in [0.4, 0.5) is 0 Å². The van der Waals surface area contributed by atoms with Crippen molar-refractivity contribution in [2.75, 3.05) is 178 Å². The van der Waals surface area contributed by atoms with Crippen molar-refractivity contribution in [2.24, 2.45) is 0 Å². The maximum Gasteiger partial charge on any atom is 0.246 e. The lowest BCUT2D eigenvalue weighted by Crippen LogP contribution is -2.64. The van der Waals surface area contributed by atoms with Gasteiger partial charge in [0.1, 0.15) is 92.9 Å². The Labute approximate surface area is 722 Å². The molecule has 3 aliphatic heterocycles. The Kier molecular flexibility index (Phi) is 60.8. The van der Waals surface area contributed by atoms with Gasteiger partial charge in [0.15, 0.2) is 18.9 Å². The van der Waals surface area contributed by atoms with Crippen molar-refractivity contribution < 1.29 is 165 Å². The SMILES string of the molecule is COCCCCCCNC(=O)C[C@H](CCC(=O)NCCOCCOCC(=O)NCCCCCO[C@@H]1OC(CO)[C@@H](O)[C@H](O)C1NC(C)=O)NC(=O)C[C@H](CCC(=O)NCCOCCOCC(=O)NCCCCCO[C@@H]1OC(CO)[C@@H](O)[C@H](O)C1NC(C)=O)NC(=O)CNC(=O)COCCOCCNC(=O)CCCCO[C@@H]1OC(CO)[C@@H](O)[C@H](O)C1NC(C)=O. The normalized spacial score (nSPS) is 22.9. The number of methoxy groups -OCH3 is 1. The molecule has 3 heterocycles. The summed E-state index contributed by atoms with van der Waals surface area (Å²) in [4.78, 5) is 152. The van der Waals surface area contributed by atoms with Crippen molar-refractivity contribution in [3.8, 4) is 0 Å².